The van der Waals surface area contributed by atoms with Crippen LogP contribution in [-0.2, 0) is 14.3 Å². The van der Waals surface area contributed by atoms with Gasteiger partial charge in [-0.3, -0.25) is 19.3 Å². The second-order valence-electron chi connectivity index (χ2n) is 7.69. The van der Waals surface area contributed by atoms with Gasteiger partial charge in [-0.25, -0.2) is 4.79 Å². The Morgan fingerprint density at radius 3 is 2.58 bits per heavy atom. The van der Waals surface area contributed by atoms with E-state index in [4.69, 9.17) is 9.15 Å². The number of likely N-dealkylation sites (tertiary alicyclic amines) is 1. The predicted molar refractivity (Wildman–Crippen MR) is 110 cm³/mol. The largest absolute Gasteiger partial charge is 0.461 e. The Kier molecular flexibility index (Phi) is 5.75. The summed E-state index contributed by atoms with van der Waals surface area (Å²) in [5.41, 5.74) is 1.74. The van der Waals surface area contributed by atoms with E-state index < -0.39 is 23.9 Å². The molecule has 9 nitrogen and oxygen atoms in total. The molecule has 2 aliphatic heterocycles. The van der Waals surface area contributed by atoms with Gasteiger partial charge in [-0.05, 0) is 36.2 Å². The highest BCUT2D eigenvalue weighted by molar-refractivity contribution is 6.41. The van der Waals surface area contributed by atoms with Crippen LogP contribution >= 0.6 is 0 Å². The van der Waals surface area contributed by atoms with Crippen LogP contribution in [0.25, 0.3) is 0 Å². The first kappa shape index (κ1) is 20.6. The Morgan fingerprint density at radius 1 is 1.13 bits per heavy atom. The fraction of sp³-hybridized carbons (Fsp3) is 0.364. The van der Waals surface area contributed by atoms with E-state index in [0.717, 1.165) is 12.0 Å². The molecule has 2 atom stereocenters. The van der Waals surface area contributed by atoms with Gasteiger partial charge < -0.3 is 19.4 Å². The number of Topliss-reactive ketones (excluding diaryl/α,β-unsaturated/α-hetero) is 1. The molecule has 162 valence electrons. The van der Waals surface area contributed by atoms with Gasteiger partial charge in [0.15, 0.2) is 5.76 Å². The molecule has 31 heavy (non-hydrogen) atoms. The van der Waals surface area contributed by atoms with Gasteiger partial charge in [-0.1, -0.05) is 12.1 Å². The molecule has 0 bridgehead atoms. The molecule has 2 saturated heterocycles. The number of nitrogens with zero attached hydrogens (tertiary/aromatic N) is 2. The van der Waals surface area contributed by atoms with Crippen molar-refractivity contribution in [2.75, 3.05) is 31.1 Å². The summed E-state index contributed by atoms with van der Waals surface area (Å²) in [4.78, 5) is 50.9. The van der Waals surface area contributed by atoms with Crippen LogP contribution in [0.4, 0.5) is 10.5 Å². The van der Waals surface area contributed by atoms with Gasteiger partial charge in [0.05, 0.1) is 19.4 Å². The summed E-state index contributed by atoms with van der Waals surface area (Å²) >= 11 is 0. The molecule has 2 aliphatic rings. The van der Waals surface area contributed by atoms with Crippen LogP contribution in [0.15, 0.2) is 47.1 Å². The van der Waals surface area contributed by atoms with Gasteiger partial charge in [0, 0.05) is 31.6 Å². The molecule has 9 heteroatoms. The van der Waals surface area contributed by atoms with E-state index >= 15 is 0 Å². The highest BCUT2D eigenvalue weighted by Crippen LogP contribution is 2.30. The molecule has 0 spiro atoms. The third-order valence-electron chi connectivity index (χ3n) is 5.54. The molecule has 2 fully saturated rings. The van der Waals surface area contributed by atoms with Gasteiger partial charge in [-0.2, -0.15) is 0 Å². The van der Waals surface area contributed by atoms with Crippen LogP contribution in [0.3, 0.4) is 0 Å². The van der Waals surface area contributed by atoms with Gasteiger partial charge in [0.2, 0.25) is 5.91 Å². The second-order valence-corrected chi connectivity index (χ2v) is 7.69. The molecule has 0 saturated carbocycles. The van der Waals surface area contributed by atoms with Crippen molar-refractivity contribution in [2.24, 2.45) is 0 Å². The Balaban J connectivity index is 1.36. The minimum atomic E-state index is -0.637. The minimum Gasteiger partial charge on any atom is -0.461 e. The van der Waals surface area contributed by atoms with Crippen LogP contribution in [0.1, 0.15) is 35.4 Å². The number of amides is 3. The number of hydrogen-bond donors (Lipinski definition) is 1. The topological polar surface area (TPSA) is 109 Å². The second kappa shape index (κ2) is 8.63. The SMILES string of the molecule is CC(=O)NC[C@H]1CN(c2ccc(C3CCN(C(=O)C(=O)c4ccco4)C3)cc2)C(=O)O1. The van der Waals surface area contributed by atoms with Crippen LogP contribution in [0, 0.1) is 0 Å². The predicted octanol–water partition coefficient (Wildman–Crippen LogP) is 1.94. The number of hydrogen-bond acceptors (Lipinski definition) is 6. The number of ketones is 1. The van der Waals surface area contributed by atoms with Crippen LogP contribution in [0.2, 0.25) is 0 Å². The van der Waals surface area contributed by atoms with E-state index in [1.165, 1.54) is 24.2 Å². The van der Waals surface area contributed by atoms with Crippen LogP contribution in [-0.4, -0.2) is 60.9 Å². The van der Waals surface area contributed by atoms with Gasteiger partial charge in [-0.15, -0.1) is 0 Å². The summed E-state index contributed by atoms with van der Waals surface area (Å²) < 4.78 is 10.3. The van der Waals surface area contributed by atoms with Crippen molar-refractivity contribution in [3.63, 3.8) is 0 Å². The van der Waals surface area contributed by atoms with Crippen molar-refractivity contribution in [2.45, 2.75) is 25.4 Å². The average molecular weight is 425 g/mol. The first-order valence-corrected chi connectivity index (χ1v) is 10.1. The Labute approximate surface area is 178 Å². The molecule has 1 unspecified atom stereocenters. The first-order valence-electron chi connectivity index (χ1n) is 10.1. The normalized spacial score (nSPS) is 20.6. The van der Waals surface area contributed by atoms with Crippen molar-refractivity contribution in [1.82, 2.24) is 10.2 Å². The van der Waals surface area contributed by atoms with E-state index in [1.807, 2.05) is 24.3 Å². The number of benzene rings is 1. The third-order valence-corrected chi connectivity index (χ3v) is 5.54. The van der Waals surface area contributed by atoms with Gasteiger partial charge in [0.1, 0.15) is 6.10 Å². The fourth-order valence-corrected chi connectivity index (χ4v) is 3.90. The molecule has 1 aromatic heterocycles. The molecule has 0 aliphatic carbocycles. The first-order chi connectivity index (χ1) is 14.9. The zero-order valence-corrected chi connectivity index (χ0v) is 17.1. The highest BCUT2D eigenvalue weighted by atomic mass is 16.6. The molecule has 3 amide bonds. The number of nitrogens with one attached hydrogen (secondary N) is 1. The molecular weight excluding hydrogens is 402 g/mol. The Bertz CT molecular complexity index is 985. The van der Waals surface area contributed by atoms with Crippen molar-refractivity contribution in [3.8, 4) is 0 Å². The number of cyclic esters (lactones) is 1. The number of furan rings is 1. The number of anilines is 1. The minimum absolute atomic E-state index is 0.0482. The zero-order valence-electron chi connectivity index (χ0n) is 17.1. The zero-order chi connectivity index (χ0) is 22.0. The lowest BCUT2D eigenvalue weighted by Gasteiger charge is -2.17. The van der Waals surface area contributed by atoms with E-state index in [-0.39, 0.29) is 24.1 Å². The molecule has 2 aromatic rings. The van der Waals surface area contributed by atoms with E-state index in [0.29, 0.717) is 25.3 Å². The number of ether oxygens (including phenoxy) is 1. The van der Waals surface area contributed by atoms with E-state index in [2.05, 4.69) is 5.32 Å². The smallest absolute Gasteiger partial charge is 0.414 e. The summed E-state index contributed by atoms with van der Waals surface area (Å²) in [7, 11) is 0. The maximum atomic E-state index is 12.4. The Morgan fingerprint density at radius 2 is 1.90 bits per heavy atom. The maximum Gasteiger partial charge on any atom is 0.414 e. The summed E-state index contributed by atoms with van der Waals surface area (Å²) in [5, 5.41) is 2.65. The van der Waals surface area contributed by atoms with Crippen molar-refractivity contribution in [1.29, 1.82) is 0 Å². The Hall–Kier alpha value is -3.62. The van der Waals surface area contributed by atoms with Crippen LogP contribution < -0.4 is 10.2 Å². The van der Waals surface area contributed by atoms with Crippen molar-refractivity contribution >= 4 is 29.4 Å². The van der Waals surface area contributed by atoms with Crippen molar-refractivity contribution in [3.05, 3.63) is 54.0 Å². The maximum absolute atomic E-state index is 12.4. The standard InChI is InChI=1S/C22H23N3O6/c1-14(26)23-11-18-13-25(22(29)31-18)17-6-4-15(5-7-17)16-8-9-24(12-16)21(28)20(27)19-3-2-10-30-19/h2-7,10,16,18H,8-9,11-13H2,1H3,(H,23,26)/t16?,18-/m0/s1. The third kappa shape index (κ3) is 4.45. The average Bonchev–Trinajstić information content (AvgIpc) is 3.52. The molecule has 1 N–H and O–H groups in total. The fourth-order valence-electron chi connectivity index (χ4n) is 3.90. The molecule has 0 radical (unpaired) electrons. The lowest BCUT2D eigenvalue weighted by atomic mass is 9.98. The quantitative estimate of drug-likeness (QED) is 0.560. The number of carbonyl (C=O) groups excluding carboxylic acids is 4. The molecule has 3 heterocycles. The number of carbonyl (C=O) groups is 4. The monoisotopic (exact) mass is 425 g/mol. The summed E-state index contributed by atoms with van der Waals surface area (Å²) in [5.74, 6) is -1.21. The summed E-state index contributed by atoms with van der Waals surface area (Å²) in [6, 6.07) is 10.6. The summed E-state index contributed by atoms with van der Waals surface area (Å²) in [6.07, 6.45) is 1.28. The van der Waals surface area contributed by atoms with Crippen molar-refractivity contribution < 1.29 is 28.3 Å². The highest BCUT2D eigenvalue weighted by Gasteiger charge is 2.34. The van der Waals surface area contributed by atoms with E-state index in [9.17, 15) is 19.2 Å². The number of rotatable bonds is 6. The molecular formula is C22H23N3O6. The van der Waals surface area contributed by atoms with Gasteiger partial charge >= 0.3 is 6.09 Å². The lowest BCUT2D eigenvalue weighted by Crippen LogP contribution is -2.34. The molecule has 4 rings (SSSR count). The summed E-state index contributed by atoms with van der Waals surface area (Å²) in [6.45, 7) is 3.01. The lowest BCUT2D eigenvalue weighted by molar-refractivity contribution is -0.125. The van der Waals surface area contributed by atoms with Gasteiger partial charge in [0.25, 0.3) is 11.7 Å². The van der Waals surface area contributed by atoms with E-state index in [1.54, 1.807) is 11.0 Å². The van der Waals surface area contributed by atoms with Crippen LogP contribution in [0.5, 0.6) is 0 Å². The molecule has 1 aromatic carbocycles.